The summed E-state index contributed by atoms with van der Waals surface area (Å²) >= 11 is 0. The average molecular weight is 1520 g/mol. The third-order valence-corrected chi connectivity index (χ3v) is 19.6. The summed E-state index contributed by atoms with van der Waals surface area (Å²) in [5.41, 5.74) is 3.31. The number of amides is 7. The number of sulfonamides is 1. The van der Waals surface area contributed by atoms with Gasteiger partial charge < -0.3 is 75.3 Å². The fourth-order valence-corrected chi connectivity index (χ4v) is 14.0. The maximum absolute atomic E-state index is 14.4. The molecule has 1 fully saturated rings. The molecule has 0 saturated carbocycles. The van der Waals surface area contributed by atoms with Crippen LogP contribution in [-0.4, -0.2) is 170 Å². The first-order valence-corrected chi connectivity index (χ1v) is 36.4. The number of likely N-dealkylation sites (tertiary alicyclic amines) is 1. The van der Waals surface area contributed by atoms with Crippen LogP contribution in [0.2, 0.25) is 0 Å². The maximum atomic E-state index is 14.4. The van der Waals surface area contributed by atoms with Crippen LogP contribution in [0.4, 0.5) is 26.7 Å². The Kier molecular flexibility index (Phi) is 32.0. The standard InChI is InChI=1S/C74H88N10O20S.2Na/c1-6-26-75-72(96)78-49-15-12-17-52(39-49)105(98,99)82-50-16-11-14-46(36-50)47(38-63(87)88)37-51(85)35-45-21-23-48(24-22-45)77-73(97)76-27-30-101-32-34-102-33-31-100-29-25-62(86)79-59(41-64(89)90)69(93)83-28-13-20-60(83)67(91)81-65(44(4)5)70(94)104-74(8-3)57-40-61-66-55(42-84(61)68(92)56(57)43-103-71(74)95)53(7-2)54-18-9-10-19-58(54)80-66;;/h9-12,14-19,21-24,36,39-40,44,47,59-60,65,82H,6-8,13,20,25-35,37-38,41-43H2,1-5H3,(H,79,86)(H,81,91)(H,87,88)(H,89,90)(H2,75,78,96)(H2,76,77,97);;/q;2*+1/t47-,59+,60+,65+,74+;;/m1../s1. The number of ketones is 1. The van der Waals surface area contributed by atoms with Crippen LogP contribution >= 0.6 is 0 Å². The van der Waals surface area contributed by atoms with Crippen molar-refractivity contribution in [3.05, 3.63) is 147 Å². The van der Waals surface area contributed by atoms with Gasteiger partial charge in [0.25, 0.3) is 15.6 Å². The first-order chi connectivity index (χ1) is 50.3. The molecule has 0 unspecified atom stereocenters. The first kappa shape index (κ1) is 85.6. The van der Waals surface area contributed by atoms with E-state index in [4.69, 9.17) is 28.7 Å². The molecule has 4 aromatic carbocycles. The fourth-order valence-electron chi connectivity index (χ4n) is 12.9. The number of hydrogen-bond acceptors (Lipinski definition) is 19. The Bertz CT molecular complexity index is 4430. The number of pyridine rings is 2. The normalized spacial score (nSPS) is 15.7. The summed E-state index contributed by atoms with van der Waals surface area (Å²) in [5.74, 6) is -8.42. The van der Waals surface area contributed by atoms with Gasteiger partial charge in [-0.25, -0.2) is 32.6 Å². The van der Waals surface area contributed by atoms with Gasteiger partial charge in [0.15, 0.2) is 0 Å². The van der Waals surface area contributed by atoms with Crippen molar-refractivity contribution in [3.8, 4) is 11.4 Å². The molecule has 3 aliphatic rings. The number of anilines is 3. The van der Waals surface area contributed by atoms with Gasteiger partial charge in [0.2, 0.25) is 23.3 Å². The van der Waals surface area contributed by atoms with E-state index in [2.05, 4.69) is 36.6 Å². The second-order valence-electron chi connectivity index (χ2n) is 25.9. The number of ether oxygens (including phenoxy) is 5. The van der Waals surface area contributed by atoms with Gasteiger partial charge in [0, 0.05) is 78.4 Å². The second-order valence-corrected chi connectivity index (χ2v) is 27.6. The molecule has 0 bridgehead atoms. The van der Waals surface area contributed by atoms with Crippen molar-refractivity contribution >= 4 is 97.4 Å². The van der Waals surface area contributed by atoms with E-state index in [-0.39, 0.29) is 190 Å². The molecule has 9 rings (SSSR count). The molecular weight excluding hydrogens is 1430 g/mol. The number of aryl methyl sites for hydroxylation is 1. The van der Waals surface area contributed by atoms with Crippen molar-refractivity contribution in [2.45, 2.75) is 147 Å². The smallest absolute Gasteiger partial charge is 0.481 e. The number of cyclic esters (lactones) is 1. The van der Waals surface area contributed by atoms with Gasteiger partial charge >= 0.3 is 95.1 Å². The number of aromatic nitrogens is 2. The predicted octanol–water partition coefficient (Wildman–Crippen LogP) is 0.646. The number of carboxylic acid groups (broad SMARTS) is 2. The summed E-state index contributed by atoms with van der Waals surface area (Å²) < 4.78 is 59.2. The number of aliphatic carboxylic acids is 2. The van der Waals surface area contributed by atoms with E-state index in [1.54, 1.807) is 73.9 Å². The van der Waals surface area contributed by atoms with Crippen molar-refractivity contribution in [1.82, 2.24) is 35.7 Å². The van der Waals surface area contributed by atoms with Crippen molar-refractivity contribution in [1.29, 1.82) is 0 Å². The Morgan fingerprint density at radius 1 is 0.720 bits per heavy atom. The summed E-state index contributed by atoms with van der Waals surface area (Å²) in [6.07, 6.45) is 0.0626. The number of urea groups is 2. The van der Waals surface area contributed by atoms with Gasteiger partial charge in [-0.15, -0.1) is 0 Å². The molecule has 0 spiro atoms. The molecule has 7 amide bonds. The number of fused-ring (bicyclic) bond motifs is 5. The number of esters is 2. The number of para-hydroxylation sites is 1. The summed E-state index contributed by atoms with van der Waals surface area (Å²) in [6.45, 7) is 9.89. The molecule has 0 aliphatic carbocycles. The number of carboxylic acids is 2. The monoisotopic (exact) mass is 1510 g/mol. The summed E-state index contributed by atoms with van der Waals surface area (Å²) in [5, 5.41) is 36.3. The summed E-state index contributed by atoms with van der Waals surface area (Å²) in [6, 6.07) is 22.5. The zero-order valence-electron chi connectivity index (χ0n) is 61.0. The number of carbonyl (C=O) groups excluding carboxylic acids is 8. The largest absolute Gasteiger partial charge is 1.00 e. The van der Waals surface area contributed by atoms with E-state index in [0.717, 1.165) is 22.0 Å². The van der Waals surface area contributed by atoms with Crippen LogP contribution in [0.15, 0.2) is 113 Å². The van der Waals surface area contributed by atoms with Gasteiger partial charge in [-0.05, 0) is 109 Å². The number of nitrogens with zero attached hydrogens (tertiary/aromatic N) is 3. The van der Waals surface area contributed by atoms with Crippen LogP contribution in [0, 0.1) is 5.92 Å². The quantitative estimate of drug-likeness (QED) is 0.0147. The third kappa shape index (κ3) is 22.3. The molecule has 1 saturated heterocycles. The molecule has 3 aliphatic heterocycles. The van der Waals surface area contributed by atoms with Crippen LogP contribution in [0.3, 0.4) is 0 Å². The van der Waals surface area contributed by atoms with Crippen molar-refractivity contribution in [3.63, 3.8) is 0 Å². The van der Waals surface area contributed by atoms with Gasteiger partial charge in [0.05, 0.1) is 86.4 Å². The number of rotatable bonds is 37. The number of hydrogen-bond donors (Lipinski definition) is 9. The zero-order valence-corrected chi connectivity index (χ0v) is 65.9. The average Bonchev–Trinajstić information content (AvgIpc) is 1.63. The van der Waals surface area contributed by atoms with E-state index >= 15 is 0 Å². The van der Waals surface area contributed by atoms with Crippen LogP contribution in [-0.2, 0) is 104 Å². The Morgan fingerprint density at radius 2 is 1.38 bits per heavy atom. The van der Waals surface area contributed by atoms with Gasteiger partial charge in [-0.3, -0.25) is 38.3 Å². The molecule has 5 heterocycles. The van der Waals surface area contributed by atoms with Crippen LogP contribution in [0.1, 0.15) is 125 Å². The summed E-state index contributed by atoms with van der Waals surface area (Å²) in [4.78, 5) is 152. The van der Waals surface area contributed by atoms with Crippen molar-refractivity contribution in [2.24, 2.45) is 5.92 Å². The molecule has 560 valence electrons. The van der Waals surface area contributed by atoms with Crippen LogP contribution < -0.4 is 101 Å². The molecule has 2 aromatic heterocycles. The Morgan fingerprint density at radius 3 is 2.07 bits per heavy atom. The Balaban J connectivity index is 0.00000798. The van der Waals surface area contributed by atoms with Crippen molar-refractivity contribution in [2.75, 3.05) is 74.6 Å². The van der Waals surface area contributed by atoms with Gasteiger partial charge in [-0.2, -0.15) is 0 Å². The minimum Gasteiger partial charge on any atom is -0.481 e. The fraction of sp³-hybridized carbons (Fsp3) is 0.432. The molecule has 30 nitrogen and oxygen atoms in total. The predicted molar refractivity (Wildman–Crippen MR) is 383 cm³/mol. The zero-order chi connectivity index (χ0) is 75.5. The molecular formula is C74H88N10Na2O20S+2. The minimum atomic E-state index is -4.16. The molecule has 33 heteroatoms. The Hall–Kier alpha value is -8.63. The van der Waals surface area contributed by atoms with Gasteiger partial charge in [-0.1, -0.05) is 83.1 Å². The topological polar surface area (TPSA) is 414 Å². The van der Waals surface area contributed by atoms with Crippen LogP contribution in [0.25, 0.3) is 22.3 Å². The molecule has 5 atom stereocenters. The van der Waals surface area contributed by atoms with E-state index < -0.39 is 118 Å². The number of carbonyl (C=O) groups is 10. The van der Waals surface area contributed by atoms with Crippen molar-refractivity contribution < 1.29 is 149 Å². The van der Waals surface area contributed by atoms with E-state index in [0.29, 0.717) is 54.0 Å². The Labute approximate surface area is 662 Å². The van der Waals surface area contributed by atoms with Crippen LogP contribution in [0.5, 0.6) is 0 Å². The number of Topliss-reactive ketones (excluding diaryl/α,β-unsaturated/α-hetero) is 1. The number of benzene rings is 4. The second kappa shape index (κ2) is 40.0. The van der Waals surface area contributed by atoms with E-state index in [1.165, 1.54) is 35.2 Å². The molecule has 9 N–H and O–H groups in total. The number of nitrogens with one attached hydrogen (secondary N) is 7. The molecule has 0 radical (unpaired) electrons. The third-order valence-electron chi connectivity index (χ3n) is 18.2. The van der Waals surface area contributed by atoms with E-state index in [9.17, 15) is 71.4 Å². The van der Waals surface area contributed by atoms with Gasteiger partial charge in [0.1, 0.15) is 30.5 Å². The molecule has 6 aromatic rings. The summed E-state index contributed by atoms with van der Waals surface area (Å²) in [7, 11) is -4.16. The van der Waals surface area contributed by atoms with E-state index in [1.807, 2.05) is 38.1 Å². The molecule has 107 heavy (non-hydrogen) atoms. The first-order valence-electron chi connectivity index (χ1n) is 34.9. The maximum Gasteiger partial charge on any atom is 1.00 e. The minimum absolute atomic E-state index is 0. The SMILES string of the molecule is CCCNC(=O)Nc1cccc(S(=O)(=O)Nc2cccc([C@@H](CC(=O)O)CC(=O)Cc3ccc(NC(=O)NCCOCCOCCOCCC(=O)N[C@@H](CC(=O)O)C(=O)N4CCC[C@H]4C(=O)N[C@H](C(=O)O[C@]4(CC)C(=O)OCc5c4cc4n(c5=O)Cc5c-4nc4ccccc4c5CC)C(C)C)cc3)c2)c1.[Na+].[Na+].